The molecule has 0 saturated heterocycles. The molecule has 1 saturated carbocycles. The van der Waals surface area contributed by atoms with Crippen molar-refractivity contribution in [3.63, 3.8) is 0 Å². The van der Waals surface area contributed by atoms with Crippen LogP contribution in [0.3, 0.4) is 0 Å². The molecule has 3 N–H and O–H groups in total. The van der Waals surface area contributed by atoms with Gasteiger partial charge in [0.25, 0.3) is 0 Å². The first-order chi connectivity index (χ1) is 10.2. The van der Waals surface area contributed by atoms with Gasteiger partial charge in [-0.1, -0.05) is 18.6 Å². The van der Waals surface area contributed by atoms with Crippen molar-refractivity contribution in [2.75, 3.05) is 11.1 Å². The second kappa shape index (κ2) is 6.08. The molecular weight excluding hydrogens is 267 g/mol. The maximum Gasteiger partial charge on any atom is 0.224 e. The normalized spacial score (nSPS) is 21.4. The first kappa shape index (κ1) is 13.8. The molecule has 3 rings (SSSR count). The van der Waals surface area contributed by atoms with Crippen LogP contribution in [-0.4, -0.2) is 16.0 Å². The lowest BCUT2D eigenvalue weighted by Gasteiger charge is -2.21. The minimum Gasteiger partial charge on any atom is -0.384 e. The molecule has 21 heavy (non-hydrogen) atoms. The Hall–Kier alpha value is -2.17. The zero-order chi connectivity index (χ0) is 14.7. The lowest BCUT2D eigenvalue weighted by molar-refractivity contribution is 0.499. The van der Waals surface area contributed by atoms with Gasteiger partial charge in [0.05, 0.1) is 0 Å². The van der Waals surface area contributed by atoms with Gasteiger partial charge in [-0.3, -0.25) is 0 Å². The fourth-order valence-electron chi connectivity index (χ4n) is 3.00. The van der Waals surface area contributed by atoms with E-state index in [1.165, 1.54) is 24.1 Å². The van der Waals surface area contributed by atoms with E-state index in [4.69, 9.17) is 5.73 Å². The Morgan fingerprint density at radius 3 is 2.76 bits per heavy atom. The number of nitrogens with two attached hydrogens (primary N) is 1. The van der Waals surface area contributed by atoms with Crippen LogP contribution in [0.4, 0.5) is 16.2 Å². The number of anilines is 2. The third-order valence-electron chi connectivity index (χ3n) is 4.06. The summed E-state index contributed by atoms with van der Waals surface area (Å²) in [6, 6.07) is 8.79. The van der Waals surface area contributed by atoms with Gasteiger partial charge in [0.2, 0.25) is 5.95 Å². The first-order valence-corrected chi connectivity index (χ1v) is 7.30. The number of halogens is 1. The van der Waals surface area contributed by atoms with Crippen LogP contribution in [0.1, 0.15) is 24.8 Å². The topological polar surface area (TPSA) is 63.8 Å². The minimum atomic E-state index is -0.187. The van der Waals surface area contributed by atoms with Gasteiger partial charge in [0.15, 0.2) is 0 Å². The summed E-state index contributed by atoms with van der Waals surface area (Å²) >= 11 is 0. The van der Waals surface area contributed by atoms with E-state index in [1.54, 1.807) is 12.3 Å². The SMILES string of the molecule is Nc1ccnc(N[C@H]2CCC[C@H]2Cc2ccc(F)cc2)n1. The van der Waals surface area contributed by atoms with Gasteiger partial charge < -0.3 is 11.1 Å². The molecule has 1 aromatic heterocycles. The number of benzene rings is 1. The van der Waals surface area contributed by atoms with Crippen molar-refractivity contribution < 1.29 is 4.39 Å². The third kappa shape index (κ3) is 3.48. The molecule has 0 radical (unpaired) electrons. The molecule has 1 aromatic carbocycles. The van der Waals surface area contributed by atoms with Crippen LogP contribution in [-0.2, 0) is 6.42 Å². The molecule has 1 fully saturated rings. The van der Waals surface area contributed by atoms with Gasteiger partial charge in [0.1, 0.15) is 11.6 Å². The predicted molar refractivity (Wildman–Crippen MR) is 81.3 cm³/mol. The van der Waals surface area contributed by atoms with Gasteiger partial charge in [0, 0.05) is 12.2 Å². The lowest BCUT2D eigenvalue weighted by atomic mass is 9.94. The zero-order valence-corrected chi connectivity index (χ0v) is 11.8. The summed E-state index contributed by atoms with van der Waals surface area (Å²) < 4.78 is 13.0. The number of hydrogen-bond donors (Lipinski definition) is 2. The van der Waals surface area contributed by atoms with E-state index in [9.17, 15) is 4.39 Å². The fraction of sp³-hybridized carbons (Fsp3) is 0.375. The predicted octanol–water partition coefficient (Wildman–Crippen LogP) is 3.02. The molecule has 0 amide bonds. The van der Waals surface area contributed by atoms with Crippen LogP contribution in [0, 0.1) is 11.7 Å². The molecule has 2 atom stereocenters. The first-order valence-electron chi connectivity index (χ1n) is 7.30. The number of nitrogens with zero attached hydrogens (tertiary/aromatic N) is 2. The second-order valence-corrected chi connectivity index (χ2v) is 5.58. The Morgan fingerprint density at radius 2 is 2.00 bits per heavy atom. The molecule has 1 aliphatic carbocycles. The quantitative estimate of drug-likeness (QED) is 0.907. The smallest absolute Gasteiger partial charge is 0.224 e. The van der Waals surface area contributed by atoms with E-state index < -0.39 is 0 Å². The van der Waals surface area contributed by atoms with Crippen molar-refractivity contribution in [1.82, 2.24) is 9.97 Å². The monoisotopic (exact) mass is 286 g/mol. The Morgan fingerprint density at radius 1 is 1.19 bits per heavy atom. The molecule has 0 spiro atoms. The van der Waals surface area contributed by atoms with Crippen LogP contribution in [0.25, 0.3) is 0 Å². The lowest BCUT2D eigenvalue weighted by Crippen LogP contribution is -2.26. The van der Waals surface area contributed by atoms with Crippen molar-refractivity contribution >= 4 is 11.8 Å². The molecule has 1 heterocycles. The van der Waals surface area contributed by atoms with Crippen molar-refractivity contribution in [3.05, 3.63) is 47.9 Å². The van der Waals surface area contributed by atoms with Crippen LogP contribution in [0.5, 0.6) is 0 Å². The van der Waals surface area contributed by atoms with E-state index >= 15 is 0 Å². The van der Waals surface area contributed by atoms with Crippen LogP contribution in [0.2, 0.25) is 0 Å². The Balaban J connectivity index is 1.66. The van der Waals surface area contributed by atoms with Crippen LogP contribution >= 0.6 is 0 Å². The fourth-order valence-corrected chi connectivity index (χ4v) is 3.00. The van der Waals surface area contributed by atoms with E-state index in [0.717, 1.165) is 19.3 Å². The van der Waals surface area contributed by atoms with Crippen LogP contribution in [0.15, 0.2) is 36.5 Å². The van der Waals surface area contributed by atoms with Gasteiger partial charge in [-0.25, -0.2) is 9.37 Å². The average Bonchev–Trinajstić information content (AvgIpc) is 2.89. The number of hydrogen-bond acceptors (Lipinski definition) is 4. The molecule has 4 nitrogen and oxygen atoms in total. The highest BCUT2D eigenvalue weighted by Crippen LogP contribution is 2.30. The van der Waals surface area contributed by atoms with E-state index in [0.29, 0.717) is 23.7 Å². The van der Waals surface area contributed by atoms with Crippen molar-refractivity contribution in [1.29, 1.82) is 0 Å². The second-order valence-electron chi connectivity index (χ2n) is 5.58. The van der Waals surface area contributed by atoms with Gasteiger partial charge >= 0.3 is 0 Å². The maximum atomic E-state index is 13.0. The Bertz CT molecular complexity index is 599. The zero-order valence-electron chi connectivity index (χ0n) is 11.8. The van der Waals surface area contributed by atoms with Crippen molar-refractivity contribution in [2.45, 2.75) is 31.7 Å². The summed E-state index contributed by atoms with van der Waals surface area (Å²) in [6.07, 6.45) is 6.06. The molecule has 0 bridgehead atoms. The summed E-state index contributed by atoms with van der Waals surface area (Å²) in [7, 11) is 0. The molecule has 1 aliphatic rings. The van der Waals surface area contributed by atoms with Gasteiger partial charge in [-0.05, 0) is 48.9 Å². The van der Waals surface area contributed by atoms with E-state index in [1.807, 2.05) is 12.1 Å². The summed E-state index contributed by atoms with van der Waals surface area (Å²) in [5.41, 5.74) is 6.85. The summed E-state index contributed by atoms with van der Waals surface area (Å²) in [6.45, 7) is 0. The highest BCUT2D eigenvalue weighted by Gasteiger charge is 2.27. The maximum absolute atomic E-state index is 13.0. The highest BCUT2D eigenvalue weighted by atomic mass is 19.1. The molecule has 0 aliphatic heterocycles. The van der Waals surface area contributed by atoms with Crippen molar-refractivity contribution in [3.8, 4) is 0 Å². The highest BCUT2D eigenvalue weighted by molar-refractivity contribution is 5.36. The summed E-state index contributed by atoms with van der Waals surface area (Å²) in [5.74, 6) is 1.39. The van der Waals surface area contributed by atoms with Crippen LogP contribution < -0.4 is 11.1 Å². The van der Waals surface area contributed by atoms with Crippen molar-refractivity contribution in [2.24, 2.45) is 5.92 Å². The summed E-state index contributed by atoms with van der Waals surface area (Å²) in [4.78, 5) is 8.40. The molecule has 5 heteroatoms. The standard InChI is InChI=1S/C16H19FN4/c17-13-6-4-11(5-7-13)10-12-2-1-3-14(12)20-16-19-9-8-15(18)21-16/h4-9,12,14H,1-3,10H2,(H3,18,19,20,21)/t12-,14-/m0/s1. The van der Waals surface area contributed by atoms with Gasteiger partial charge in [-0.2, -0.15) is 4.98 Å². The molecular formula is C16H19FN4. The Kier molecular flexibility index (Phi) is 3.99. The summed E-state index contributed by atoms with van der Waals surface area (Å²) in [5, 5.41) is 3.39. The number of aromatic nitrogens is 2. The van der Waals surface area contributed by atoms with E-state index in [2.05, 4.69) is 15.3 Å². The Labute approximate surface area is 123 Å². The molecule has 110 valence electrons. The number of rotatable bonds is 4. The number of nitrogens with one attached hydrogen (secondary N) is 1. The largest absolute Gasteiger partial charge is 0.384 e. The molecule has 0 unspecified atom stereocenters. The van der Waals surface area contributed by atoms with E-state index in [-0.39, 0.29) is 5.82 Å². The third-order valence-corrected chi connectivity index (χ3v) is 4.06. The minimum absolute atomic E-state index is 0.187. The average molecular weight is 286 g/mol. The molecule has 2 aromatic rings. The van der Waals surface area contributed by atoms with Gasteiger partial charge in [-0.15, -0.1) is 0 Å². The number of nitrogen functional groups attached to an aromatic ring is 1.